The predicted molar refractivity (Wildman–Crippen MR) is 95.4 cm³/mol. The van der Waals surface area contributed by atoms with E-state index in [1.165, 1.54) is 6.07 Å². The first-order valence-corrected chi connectivity index (χ1v) is 10.1. The number of hydrogen-bond acceptors (Lipinski definition) is 1. The number of benzene rings is 1. The van der Waals surface area contributed by atoms with Gasteiger partial charge < -0.3 is 5.11 Å². The van der Waals surface area contributed by atoms with Crippen LogP contribution in [-0.4, -0.2) is 52.7 Å². The van der Waals surface area contributed by atoms with Gasteiger partial charge in [-0.1, -0.05) is 38.1 Å². The van der Waals surface area contributed by atoms with E-state index >= 15 is 0 Å². The fourth-order valence-electron chi connectivity index (χ4n) is 2.99. The molecule has 38 heavy (non-hydrogen) atoms. The van der Waals surface area contributed by atoms with Gasteiger partial charge in [0.25, 0.3) is 0 Å². The van der Waals surface area contributed by atoms with Gasteiger partial charge in [-0.05, 0) is 23.5 Å². The summed E-state index contributed by atoms with van der Waals surface area (Å²) in [6.45, 7) is 3.20. The Bertz CT molecular complexity index is 967. The van der Waals surface area contributed by atoms with E-state index in [1.807, 2.05) is 0 Å². The van der Waals surface area contributed by atoms with Crippen molar-refractivity contribution in [2.24, 2.45) is 0 Å². The lowest BCUT2D eigenvalue weighted by Gasteiger charge is -2.43. The zero-order chi connectivity index (χ0) is 30.6. The normalized spacial score (nSPS) is 16.9. The Morgan fingerprint density at radius 3 is 1.37 bits per heavy atom. The third kappa shape index (κ3) is 5.00. The summed E-state index contributed by atoms with van der Waals surface area (Å²) in [5.74, 6) is -57.2. The molecule has 18 heteroatoms. The molecule has 0 saturated heterocycles. The first-order chi connectivity index (χ1) is 16.6. The number of aliphatic hydroxyl groups is 1. The third-order valence-electron chi connectivity index (χ3n) is 5.71. The van der Waals surface area contributed by atoms with Crippen molar-refractivity contribution in [3.05, 3.63) is 35.4 Å². The molecule has 0 saturated carbocycles. The van der Waals surface area contributed by atoms with Crippen LogP contribution in [0.1, 0.15) is 49.8 Å². The Labute approximate surface area is 202 Å². The van der Waals surface area contributed by atoms with Gasteiger partial charge in [-0.2, -0.15) is 74.6 Å². The van der Waals surface area contributed by atoms with E-state index in [9.17, 15) is 79.7 Å². The summed E-state index contributed by atoms with van der Waals surface area (Å²) in [5.41, 5.74) is -0.404. The molecule has 1 aromatic rings. The first kappa shape index (κ1) is 34.0. The molecule has 0 aliphatic carbocycles. The van der Waals surface area contributed by atoms with Gasteiger partial charge in [0.05, 0.1) is 6.10 Å². The van der Waals surface area contributed by atoms with Crippen LogP contribution in [0.4, 0.5) is 74.6 Å². The standard InChI is InChI=1S/C20H17F17O/c1-3-9(2)10-5-4-6-11(7-10)12(38)8-13(21,22)14(23,24)15(25,26)16(27,28)17(29,30)18(31,32)19(33,34)20(35,36)37/h4-7,9,12,38H,3,8H2,1-2H3. The highest BCUT2D eigenvalue weighted by molar-refractivity contribution is 5.28. The molecule has 0 heterocycles. The van der Waals surface area contributed by atoms with Crippen molar-refractivity contribution < 1.29 is 79.7 Å². The highest BCUT2D eigenvalue weighted by atomic mass is 19.4. The lowest BCUT2D eigenvalue weighted by Crippen LogP contribution is -2.74. The highest BCUT2D eigenvalue weighted by Crippen LogP contribution is 2.64. The van der Waals surface area contributed by atoms with E-state index in [4.69, 9.17) is 0 Å². The maximum absolute atomic E-state index is 14.1. The number of hydrogen-bond donors (Lipinski definition) is 1. The number of alkyl halides is 17. The van der Waals surface area contributed by atoms with Crippen LogP contribution >= 0.6 is 0 Å². The minimum atomic E-state index is -8.68. The van der Waals surface area contributed by atoms with Gasteiger partial charge in [-0.15, -0.1) is 0 Å². The molecule has 1 aromatic carbocycles. The maximum Gasteiger partial charge on any atom is 0.460 e. The van der Waals surface area contributed by atoms with Crippen LogP contribution in [0, 0.1) is 0 Å². The molecular formula is C20H17F17O. The SMILES string of the molecule is CCC(C)c1cccc(C(O)CC(F)(F)C(F)(F)C(F)(F)C(F)(F)C(F)(F)C(F)(F)C(F)(F)C(F)(F)F)c1. The van der Waals surface area contributed by atoms with E-state index in [1.54, 1.807) is 13.8 Å². The second-order valence-corrected chi connectivity index (χ2v) is 8.35. The van der Waals surface area contributed by atoms with E-state index in [0.29, 0.717) is 6.42 Å². The average molecular weight is 596 g/mol. The Kier molecular flexibility index (Phi) is 8.84. The Hall–Kier alpha value is -2.01. The maximum atomic E-state index is 14.1. The van der Waals surface area contributed by atoms with Crippen molar-refractivity contribution in [2.75, 3.05) is 0 Å². The molecule has 0 aromatic heterocycles. The minimum absolute atomic E-state index is 0.281. The van der Waals surface area contributed by atoms with Gasteiger partial charge in [0.2, 0.25) is 0 Å². The molecule has 2 unspecified atom stereocenters. The summed E-state index contributed by atoms with van der Waals surface area (Å²) in [6, 6.07) is 4.12. The van der Waals surface area contributed by atoms with Gasteiger partial charge in [0.15, 0.2) is 0 Å². The van der Waals surface area contributed by atoms with E-state index in [0.717, 1.165) is 18.2 Å². The molecule has 1 nitrogen and oxygen atoms in total. The van der Waals surface area contributed by atoms with Gasteiger partial charge in [-0.25, -0.2) is 0 Å². The first-order valence-electron chi connectivity index (χ1n) is 10.1. The Balaban J connectivity index is 3.52. The van der Waals surface area contributed by atoms with Crippen LogP contribution in [-0.2, 0) is 0 Å². The average Bonchev–Trinajstić information content (AvgIpc) is 2.76. The number of halogens is 17. The summed E-state index contributed by atoms with van der Waals surface area (Å²) < 4.78 is 227. The molecule has 1 N–H and O–H groups in total. The largest absolute Gasteiger partial charge is 0.460 e. The van der Waals surface area contributed by atoms with Crippen LogP contribution in [0.3, 0.4) is 0 Å². The van der Waals surface area contributed by atoms with Crippen LogP contribution in [0.25, 0.3) is 0 Å². The minimum Gasteiger partial charge on any atom is -0.388 e. The third-order valence-corrected chi connectivity index (χ3v) is 5.71. The summed E-state index contributed by atoms with van der Waals surface area (Å²) in [4.78, 5) is 0. The van der Waals surface area contributed by atoms with Gasteiger partial charge in [-0.3, -0.25) is 0 Å². The second kappa shape index (κ2) is 9.87. The highest BCUT2D eigenvalue weighted by Gasteiger charge is 2.95. The smallest absolute Gasteiger partial charge is 0.388 e. The van der Waals surface area contributed by atoms with Crippen molar-refractivity contribution in [1.29, 1.82) is 0 Å². The van der Waals surface area contributed by atoms with Crippen LogP contribution < -0.4 is 0 Å². The fourth-order valence-corrected chi connectivity index (χ4v) is 2.99. The summed E-state index contributed by atoms with van der Waals surface area (Å²) in [5, 5.41) is 9.81. The van der Waals surface area contributed by atoms with Crippen molar-refractivity contribution >= 4 is 0 Å². The Morgan fingerprint density at radius 2 is 0.974 bits per heavy atom. The zero-order valence-electron chi connectivity index (χ0n) is 18.8. The van der Waals surface area contributed by atoms with Crippen LogP contribution in [0.2, 0.25) is 0 Å². The van der Waals surface area contributed by atoms with E-state index in [-0.39, 0.29) is 11.5 Å². The Morgan fingerprint density at radius 1 is 0.605 bits per heavy atom. The van der Waals surface area contributed by atoms with Gasteiger partial charge >= 0.3 is 47.6 Å². The van der Waals surface area contributed by atoms with Crippen LogP contribution in [0.15, 0.2) is 24.3 Å². The second-order valence-electron chi connectivity index (χ2n) is 8.35. The topological polar surface area (TPSA) is 20.2 Å². The quantitative estimate of drug-likeness (QED) is 0.254. The lowest BCUT2D eigenvalue weighted by molar-refractivity contribution is -0.462. The van der Waals surface area contributed by atoms with Crippen molar-refractivity contribution in [3.63, 3.8) is 0 Å². The molecule has 2 atom stereocenters. The summed E-state index contributed by atoms with van der Waals surface area (Å²) >= 11 is 0. The number of rotatable bonds is 11. The molecule has 0 aliphatic heterocycles. The number of aliphatic hydroxyl groups excluding tert-OH is 1. The molecule has 222 valence electrons. The molecule has 0 spiro atoms. The molecule has 0 fully saturated rings. The van der Waals surface area contributed by atoms with Crippen molar-refractivity contribution in [2.45, 2.75) is 86.3 Å². The van der Waals surface area contributed by atoms with Crippen molar-refractivity contribution in [1.82, 2.24) is 0 Å². The summed E-state index contributed by atoms with van der Waals surface area (Å²) in [7, 11) is 0. The fraction of sp³-hybridized carbons (Fsp3) is 0.700. The lowest BCUT2D eigenvalue weighted by atomic mass is 9.86. The molecule has 0 aliphatic rings. The molecule has 1 rings (SSSR count). The van der Waals surface area contributed by atoms with Crippen LogP contribution in [0.5, 0.6) is 0 Å². The van der Waals surface area contributed by atoms with Gasteiger partial charge in [0, 0.05) is 6.42 Å². The van der Waals surface area contributed by atoms with E-state index in [2.05, 4.69) is 0 Å². The molecule has 0 amide bonds. The molecule has 0 bridgehead atoms. The zero-order valence-corrected chi connectivity index (χ0v) is 18.8. The van der Waals surface area contributed by atoms with E-state index < -0.39 is 65.7 Å². The van der Waals surface area contributed by atoms with Gasteiger partial charge in [0.1, 0.15) is 0 Å². The predicted octanol–water partition coefficient (Wildman–Crippen LogP) is 8.63. The molecular weight excluding hydrogens is 579 g/mol. The summed E-state index contributed by atoms with van der Waals surface area (Å²) in [6.07, 6.45) is -13.2. The monoisotopic (exact) mass is 596 g/mol. The van der Waals surface area contributed by atoms with Crippen molar-refractivity contribution in [3.8, 4) is 0 Å². The molecule has 0 radical (unpaired) electrons.